The van der Waals surface area contributed by atoms with Gasteiger partial charge in [0.1, 0.15) is 10.5 Å². The highest BCUT2D eigenvalue weighted by atomic mass is 28.2. The van der Waals surface area contributed by atoms with Gasteiger partial charge in [0.2, 0.25) is 0 Å². The molecule has 0 amide bonds. The minimum Gasteiger partial charge on any atom is -0.428 e. The molecule has 0 heterocycles. The first-order chi connectivity index (χ1) is 6.41. The lowest BCUT2D eigenvalue weighted by Gasteiger charge is -2.00. The summed E-state index contributed by atoms with van der Waals surface area (Å²) >= 11 is 0. The van der Waals surface area contributed by atoms with E-state index in [2.05, 4.69) is 6.58 Å². The fraction of sp³-hybridized carbons (Fsp3) is 0.818. The summed E-state index contributed by atoms with van der Waals surface area (Å²) in [6, 6.07) is 0. The Morgan fingerprint density at radius 3 is 2.00 bits per heavy atom. The predicted octanol–water partition coefficient (Wildman–Crippen LogP) is 2.59. The largest absolute Gasteiger partial charge is 0.428 e. The molecule has 0 spiro atoms. The standard InChI is InChI=1S/C11H24OSi/c1-2-3-4-5-6-7-8-9-10-11-12-13/h2H,1,3-11H2,13H3. The minimum atomic E-state index is 0.900. The summed E-state index contributed by atoms with van der Waals surface area (Å²) in [5.41, 5.74) is 0. The Labute approximate surface area is 86.1 Å². The molecule has 0 saturated heterocycles. The molecule has 0 aliphatic rings. The monoisotopic (exact) mass is 200 g/mol. The predicted molar refractivity (Wildman–Crippen MR) is 63.0 cm³/mol. The molecule has 0 atom stereocenters. The van der Waals surface area contributed by atoms with Gasteiger partial charge >= 0.3 is 0 Å². The van der Waals surface area contributed by atoms with E-state index in [0.717, 1.165) is 17.1 Å². The van der Waals surface area contributed by atoms with Crippen molar-refractivity contribution in [3.8, 4) is 0 Å². The van der Waals surface area contributed by atoms with Crippen LogP contribution >= 0.6 is 0 Å². The summed E-state index contributed by atoms with van der Waals surface area (Å²) in [5.74, 6) is 0. The molecule has 0 rings (SSSR count). The van der Waals surface area contributed by atoms with Crippen molar-refractivity contribution in [1.29, 1.82) is 0 Å². The highest BCUT2D eigenvalue weighted by Crippen LogP contribution is 2.08. The Bertz CT molecular complexity index is 104. The molecule has 0 saturated carbocycles. The minimum absolute atomic E-state index is 0.900. The van der Waals surface area contributed by atoms with E-state index in [-0.39, 0.29) is 0 Å². The first-order valence-electron chi connectivity index (χ1n) is 5.51. The molecule has 0 bridgehead atoms. The molecule has 13 heavy (non-hydrogen) atoms. The second-order valence-electron chi connectivity index (χ2n) is 3.55. The third kappa shape index (κ3) is 11.9. The fourth-order valence-corrected chi connectivity index (χ4v) is 1.71. The Balaban J connectivity index is 2.79. The second kappa shape index (κ2) is 11.9. The summed E-state index contributed by atoms with van der Waals surface area (Å²) in [6.45, 7) is 4.71. The second-order valence-corrected chi connectivity index (χ2v) is 4.12. The van der Waals surface area contributed by atoms with Crippen LogP contribution in [0, 0.1) is 0 Å². The van der Waals surface area contributed by atoms with Crippen molar-refractivity contribution in [1.82, 2.24) is 0 Å². The van der Waals surface area contributed by atoms with Crippen LogP contribution in [0.4, 0.5) is 0 Å². The van der Waals surface area contributed by atoms with Gasteiger partial charge in [-0.3, -0.25) is 0 Å². The Morgan fingerprint density at radius 2 is 1.46 bits per heavy atom. The molecule has 0 aliphatic carbocycles. The Hall–Kier alpha value is -0.0831. The molecule has 0 aliphatic heterocycles. The van der Waals surface area contributed by atoms with Crippen LogP contribution in [-0.4, -0.2) is 17.1 Å². The Morgan fingerprint density at radius 1 is 0.923 bits per heavy atom. The van der Waals surface area contributed by atoms with Gasteiger partial charge in [-0.05, 0) is 19.3 Å². The van der Waals surface area contributed by atoms with E-state index < -0.39 is 0 Å². The van der Waals surface area contributed by atoms with E-state index >= 15 is 0 Å². The highest BCUT2D eigenvalue weighted by Gasteiger charge is 1.90. The summed E-state index contributed by atoms with van der Waals surface area (Å²) in [4.78, 5) is 0. The van der Waals surface area contributed by atoms with Crippen molar-refractivity contribution >= 4 is 10.5 Å². The highest BCUT2D eigenvalue weighted by molar-refractivity contribution is 5.97. The van der Waals surface area contributed by atoms with Gasteiger partial charge in [0.15, 0.2) is 0 Å². The molecule has 0 radical (unpaired) electrons. The van der Waals surface area contributed by atoms with Gasteiger partial charge in [0.25, 0.3) is 0 Å². The Kier molecular flexibility index (Phi) is 11.8. The molecule has 0 aromatic rings. The fourth-order valence-electron chi connectivity index (χ4n) is 1.42. The van der Waals surface area contributed by atoms with Crippen molar-refractivity contribution in [2.24, 2.45) is 0 Å². The molecule has 0 aromatic heterocycles. The summed E-state index contributed by atoms with van der Waals surface area (Å²) in [5, 5.41) is 0. The number of hydrogen-bond acceptors (Lipinski definition) is 1. The molecule has 0 unspecified atom stereocenters. The third-order valence-corrected chi connectivity index (χ3v) is 2.66. The number of unbranched alkanes of at least 4 members (excludes halogenated alkanes) is 7. The maximum absolute atomic E-state index is 5.13. The molecule has 0 aromatic carbocycles. The van der Waals surface area contributed by atoms with E-state index in [4.69, 9.17) is 4.43 Å². The average Bonchev–Trinajstić information content (AvgIpc) is 2.16. The summed E-state index contributed by atoms with van der Waals surface area (Å²) < 4.78 is 5.13. The van der Waals surface area contributed by atoms with Gasteiger partial charge < -0.3 is 4.43 Å². The van der Waals surface area contributed by atoms with E-state index in [1.807, 2.05) is 6.08 Å². The van der Waals surface area contributed by atoms with Crippen LogP contribution < -0.4 is 0 Å². The van der Waals surface area contributed by atoms with Crippen molar-refractivity contribution in [3.63, 3.8) is 0 Å². The SMILES string of the molecule is C=CCCCCCCCCCO[SiH3]. The van der Waals surface area contributed by atoms with E-state index in [1.165, 1.54) is 51.4 Å². The summed E-state index contributed by atoms with van der Waals surface area (Å²) in [6.07, 6.45) is 12.7. The maximum atomic E-state index is 5.13. The zero-order valence-corrected chi connectivity index (χ0v) is 11.1. The average molecular weight is 200 g/mol. The zero-order chi connectivity index (χ0) is 9.78. The van der Waals surface area contributed by atoms with E-state index in [1.54, 1.807) is 0 Å². The van der Waals surface area contributed by atoms with Gasteiger partial charge in [0, 0.05) is 6.61 Å². The number of allylic oxidation sites excluding steroid dienone is 1. The van der Waals surface area contributed by atoms with E-state index in [0.29, 0.717) is 0 Å². The molecule has 1 nitrogen and oxygen atoms in total. The summed E-state index contributed by atoms with van der Waals surface area (Å²) in [7, 11) is 0.900. The smallest absolute Gasteiger partial charge is 0.145 e. The number of rotatable bonds is 10. The lowest BCUT2D eigenvalue weighted by atomic mass is 10.1. The first kappa shape index (κ1) is 12.9. The van der Waals surface area contributed by atoms with Gasteiger partial charge in [-0.15, -0.1) is 6.58 Å². The van der Waals surface area contributed by atoms with Crippen LogP contribution in [0.2, 0.25) is 0 Å². The van der Waals surface area contributed by atoms with Crippen LogP contribution in [0.5, 0.6) is 0 Å². The lowest BCUT2D eigenvalue weighted by Crippen LogP contribution is -1.89. The van der Waals surface area contributed by atoms with Crippen molar-refractivity contribution in [2.45, 2.75) is 51.4 Å². The number of hydrogen-bond donors (Lipinski definition) is 0. The van der Waals surface area contributed by atoms with Crippen molar-refractivity contribution in [3.05, 3.63) is 12.7 Å². The van der Waals surface area contributed by atoms with Crippen LogP contribution in [0.25, 0.3) is 0 Å². The quantitative estimate of drug-likeness (QED) is 0.299. The van der Waals surface area contributed by atoms with Gasteiger partial charge in [-0.25, -0.2) is 0 Å². The van der Waals surface area contributed by atoms with Gasteiger partial charge in [-0.2, -0.15) is 0 Å². The van der Waals surface area contributed by atoms with Crippen molar-refractivity contribution < 1.29 is 4.43 Å². The maximum Gasteiger partial charge on any atom is 0.145 e. The van der Waals surface area contributed by atoms with Crippen LogP contribution in [0.15, 0.2) is 12.7 Å². The normalized spacial score (nSPS) is 10.5. The van der Waals surface area contributed by atoms with Crippen molar-refractivity contribution in [2.75, 3.05) is 6.61 Å². The van der Waals surface area contributed by atoms with Crippen LogP contribution in [0.3, 0.4) is 0 Å². The van der Waals surface area contributed by atoms with Crippen LogP contribution in [-0.2, 0) is 4.43 Å². The molecule has 78 valence electrons. The molecular weight excluding hydrogens is 176 g/mol. The van der Waals surface area contributed by atoms with Gasteiger partial charge in [-0.1, -0.05) is 38.2 Å². The zero-order valence-electron chi connectivity index (χ0n) is 9.06. The lowest BCUT2D eigenvalue weighted by molar-refractivity contribution is 0.332. The van der Waals surface area contributed by atoms with E-state index in [9.17, 15) is 0 Å². The molecule has 0 fully saturated rings. The topological polar surface area (TPSA) is 9.23 Å². The van der Waals surface area contributed by atoms with Gasteiger partial charge in [0.05, 0.1) is 0 Å². The molecule has 0 N–H and O–H groups in total. The van der Waals surface area contributed by atoms with Crippen LogP contribution in [0.1, 0.15) is 51.4 Å². The molecular formula is C11H24OSi. The first-order valence-corrected chi connectivity index (χ1v) is 6.33. The molecule has 2 heteroatoms. The third-order valence-electron chi connectivity index (χ3n) is 2.26.